The molecule has 0 saturated heterocycles. The van der Waals surface area contributed by atoms with Crippen molar-refractivity contribution in [1.82, 2.24) is 30.7 Å². The predicted octanol–water partition coefficient (Wildman–Crippen LogP) is 2.16. The van der Waals surface area contributed by atoms with Crippen molar-refractivity contribution in [1.29, 1.82) is 0 Å². The molecule has 3 N–H and O–H groups in total. The smallest absolute Gasteiger partial charge is 0.293 e. The van der Waals surface area contributed by atoms with Crippen molar-refractivity contribution in [3.05, 3.63) is 77.4 Å². The van der Waals surface area contributed by atoms with Gasteiger partial charge in [0.05, 0.1) is 18.0 Å². The molecule has 11 nitrogen and oxygen atoms in total. The Balaban J connectivity index is 1.63. The van der Waals surface area contributed by atoms with E-state index in [4.69, 9.17) is 5.73 Å². The Morgan fingerprint density at radius 3 is 2.58 bits per heavy atom. The Bertz CT molecular complexity index is 1280. The first-order chi connectivity index (χ1) is 15.9. The molecule has 168 valence electrons. The van der Waals surface area contributed by atoms with Gasteiger partial charge in [-0.25, -0.2) is 14.4 Å². The monoisotopic (exact) mass is 449 g/mol. The zero-order valence-corrected chi connectivity index (χ0v) is 17.8. The van der Waals surface area contributed by atoms with Crippen molar-refractivity contribution >= 4 is 23.1 Å². The molecule has 0 aliphatic rings. The lowest BCUT2D eigenvalue weighted by Gasteiger charge is -2.19. The molecule has 0 saturated carbocycles. The third-order valence-corrected chi connectivity index (χ3v) is 4.85. The van der Waals surface area contributed by atoms with Crippen LogP contribution >= 0.6 is 0 Å². The summed E-state index contributed by atoms with van der Waals surface area (Å²) in [6.45, 7) is 1.93. The second-order valence-electron chi connectivity index (χ2n) is 7.11. The van der Waals surface area contributed by atoms with Gasteiger partial charge in [-0.05, 0) is 47.1 Å². The summed E-state index contributed by atoms with van der Waals surface area (Å²) in [5.74, 6) is -0.833. The molecular weight excluding hydrogens is 429 g/mol. The number of nitrogens with one attached hydrogen (secondary N) is 1. The first kappa shape index (κ1) is 21.6. The first-order valence-electron chi connectivity index (χ1n) is 9.83. The normalized spacial score (nSPS) is 11.4. The summed E-state index contributed by atoms with van der Waals surface area (Å²) in [5, 5.41) is 19.5. The molecule has 0 radical (unpaired) electrons. The number of hydrogen-bond acceptors (Lipinski definition) is 9. The number of carbonyl (C=O) groups excluding carboxylic acids is 1. The van der Waals surface area contributed by atoms with E-state index in [0.29, 0.717) is 17.0 Å². The van der Waals surface area contributed by atoms with Crippen LogP contribution in [0.15, 0.2) is 64.3 Å². The minimum absolute atomic E-state index is 0.000599. The van der Waals surface area contributed by atoms with Crippen LogP contribution in [0.5, 0.6) is 0 Å². The van der Waals surface area contributed by atoms with Gasteiger partial charge in [-0.1, -0.05) is 35.5 Å². The minimum atomic E-state index is -0.589. The average Bonchev–Trinajstić information content (AvgIpc) is 3.43. The summed E-state index contributed by atoms with van der Waals surface area (Å²) in [6, 6.07) is 15.3. The average molecular weight is 449 g/mol. The molecule has 4 rings (SSSR count). The lowest BCUT2D eigenvalue weighted by atomic mass is 10.1. The third-order valence-electron chi connectivity index (χ3n) is 4.85. The number of aromatic nitrogens is 5. The largest absolute Gasteiger partial charge is 0.378 e. The van der Waals surface area contributed by atoms with Crippen LogP contribution in [0.4, 0.5) is 15.9 Å². The van der Waals surface area contributed by atoms with Crippen LogP contribution in [0, 0.1) is 5.82 Å². The number of nitrogens with zero attached hydrogens (tertiary/aromatic N) is 7. The van der Waals surface area contributed by atoms with E-state index in [2.05, 4.69) is 35.8 Å². The van der Waals surface area contributed by atoms with Crippen molar-refractivity contribution in [3.63, 3.8) is 0 Å². The first-order valence-corrected chi connectivity index (χ1v) is 9.83. The number of nitrogen functional groups attached to an aromatic ring is 1. The molecule has 2 heterocycles. The molecular formula is C21H20FN9O2. The number of para-hydroxylation sites is 1. The van der Waals surface area contributed by atoms with Gasteiger partial charge in [0.1, 0.15) is 5.82 Å². The molecule has 0 atom stereocenters. The zero-order chi connectivity index (χ0) is 23.4. The van der Waals surface area contributed by atoms with E-state index in [1.54, 1.807) is 19.1 Å². The fraction of sp³-hybridized carbons (Fsp3) is 0.143. The van der Waals surface area contributed by atoms with Gasteiger partial charge in [-0.15, -0.1) is 5.10 Å². The van der Waals surface area contributed by atoms with Crippen LogP contribution < -0.4 is 16.1 Å². The maximum absolute atomic E-state index is 13.1. The number of carbonyl (C=O) groups is 1. The summed E-state index contributed by atoms with van der Waals surface area (Å²) in [5.41, 5.74) is 10.8. The summed E-state index contributed by atoms with van der Waals surface area (Å²) >= 11 is 0. The molecule has 2 aromatic heterocycles. The van der Waals surface area contributed by atoms with Crippen molar-refractivity contribution in [3.8, 4) is 5.82 Å². The highest BCUT2D eigenvalue weighted by Crippen LogP contribution is 2.20. The van der Waals surface area contributed by atoms with E-state index in [9.17, 15) is 9.18 Å². The molecule has 2 aromatic carbocycles. The third kappa shape index (κ3) is 4.69. The van der Waals surface area contributed by atoms with Crippen LogP contribution in [0.3, 0.4) is 0 Å². The maximum atomic E-state index is 13.1. The molecule has 0 unspecified atom stereocenters. The molecule has 0 aliphatic carbocycles. The van der Waals surface area contributed by atoms with Gasteiger partial charge < -0.3 is 10.6 Å². The summed E-state index contributed by atoms with van der Waals surface area (Å²) in [7, 11) is 1.86. The number of hydrogen-bond donors (Lipinski definition) is 2. The molecule has 0 aliphatic heterocycles. The van der Waals surface area contributed by atoms with Crippen LogP contribution in [-0.2, 0) is 6.54 Å². The SMILES string of the molecule is CC(=NNC(=O)c1nnn(-c2nonc2N)c1CN(C)c1ccccc1)c1ccc(F)cc1. The number of halogens is 1. The fourth-order valence-electron chi connectivity index (χ4n) is 3.07. The molecule has 0 bridgehead atoms. The van der Waals surface area contributed by atoms with Gasteiger partial charge in [0.2, 0.25) is 11.6 Å². The van der Waals surface area contributed by atoms with E-state index < -0.39 is 5.91 Å². The van der Waals surface area contributed by atoms with E-state index in [-0.39, 0.29) is 29.7 Å². The molecule has 0 spiro atoms. The number of benzene rings is 2. The Labute approximate surface area is 187 Å². The van der Waals surface area contributed by atoms with Gasteiger partial charge in [0.25, 0.3) is 5.91 Å². The Kier molecular flexibility index (Phi) is 6.06. The number of amides is 1. The highest BCUT2D eigenvalue weighted by atomic mass is 19.1. The highest BCUT2D eigenvalue weighted by Gasteiger charge is 2.25. The van der Waals surface area contributed by atoms with Crippen molar-refractivity contribution in [2.75, 3.05) is 17.7 Å². The fourth-order valence-corrected chi connectivity index (χ4v) is 3.07. The Morgan fingerprint density at radius 1 is 1.18 bits per heavy atom. The Hall–Kier alpha value is -4.61. The molecule has 0 fully saturated rings. The maximum Gasteiger partial charge on any atom is 0.293 e. The van der Waals surface area contributed by atoms with E-state index >= 15 is 0 Å². The Morgan fingerprint density at radius 2 is 1.91 bits per heavy atom. The summed E-state index contributed by atoms with van der Waals surface area (Å²) < 4.78 is 19.1. The van der Waals surface area contributed by atoms with Crippen LogP contribution in [-0.4, -0.2) is 44.0 Å². The molecule has 33 heavy (non-hydrogen) atoms. The number of nitrogens with two attached hydrogens (primary N) is 1. The van der Waals surface area contributed by atoms with Crippen LogP contribution in [0.2, 0.25) is 0 Å². The van der Waals surface area contributed by atoms with Gasteiger partial charge in [0.15, 0.2) is 5.69 Å². The minimum Gasteiger partial charge on any atom is -0.378 e. The van der Waals surface area contributed by atoms with Crippen LogP contribution in [0.25, 0.3) is 5.82 Å². The molecule has 1 amide bonds. The van der Waals surface area contributed by atoms with Gasteiger partial charge in [0, 0.05) is 12.7 Å². The van der Waals surface area contributed by atoms with Crippen molar-refractivity contribution < 1.29 is 13.8 Å². The van der Waals surface area contributed by atoms with Gasteiger partial charge in [-0.3, -0.25) is 4.79 Å². The molecule has 12 heteroatoms. The number of rotatable bonds is 7. The predicted molar refractivity (Wildman–Crippen MR) is 118 cm³/mol. The van der Waals surface area contributed by atoms with E-state index in [0.717, 1.165) is 5.69 Å². The lowest BCUT2D eigenvalue weighted by molar-refractivity contribution is 0.0948. The quantitative estimate of drug-likeness (QED) is 0.323. The van der Waals surface area contributed by atoms with Crippen molar-refractivity contribution in [2.45, 2.75) is 13.5 Å². The number of anilines is 2. The van der Waals surface area contributed by atoms with Crippen LogP contribution in [0.1, 0.15) is 28.7 Å². The summed E-state index contributed by atoms with van der Waals surface area (Å²) in [6.07, 6.45) is 0. The number of hydrazone groups is 1. The standard InChI is InChI=1S/C21H20FN9O2/c1-13(14-8-10-15(22)11-9-14)24-26-21(32)18-17(12-30(2)16-6-4-3-5-7-16)31(29-25-18)20-19(23)27-33-28-20/h3-11H,12H2,1-2H3,(H2,23,27)(H,26,32). The topological polar surface area (TPSA) is 140 Å². The second kappa shape index (κ2) is 9.26. The second-order valence-corrected chi connectivity index (χ2v) is 7.11. The lowest BCUT2D eigenvalue weighted by Crippen LogP contribution is -2.25. The van der Waals surface area contributed by atoms with Gasteiger partial charge in [-0.2, -0.15) is 9.78 Å². The van der Waals surface area contributed by atoms with Crippen molar-refractivity contribution in [2.24, 2.45) is 5.10 Å². The zero-order valence-electron chi connectivity index (χ0n) is 17.8. The van der Waals surface area contributed by atoms with E-state index in [1.165, 1.54) is 16.8 Å². The molecule has 4 aromatic rings. The highest BCUT2D eigenvalue weighted by molar-refractivity contribution is 6.00. The summed E-state index contributed by atoms with van der Waals surface area (Å²) in [4.78, 5) is 14.8. The van der Waals surface area contributed by atoms with Gasteiger partial charge >= 0.3 is 0 Å². The van der Waals surface area contributed by atoms with E-state index in [1.807, 2.05) is 42.3 Å².